The zero-order valence-electron chi connectivity index (χ0n) is 15.6. The highest BCUT2D eigenvalue weighted by Crippen LogP contribution is 2.18. The Morgan fingerprint density at radius 1 is 1.00 bits per heavy atom. The van der Waals surface area contributed by atoms with Crippen LogP contribution in [0.3, 0.4) is 0 Å². The van der Waals surface area contributed by atoms with Gasteiger partial charge in [0.15, 0.2) is 0 Å². The summed E-state index contributed by atoms with van der Waals surface area (Å²) < 4.78 is 27.7. The molecule has 3 rings (SSSR count). The number of amidine groups is 1. The van der Waals surface area contributed by atoms with E-state index in [1.807, 2.05) is 18.4 Å². The van der Waals surface area contributed by atoms with Crippen molar-refractivity contribution >= 4 is 39.2 Å². The van der Waals surface area contributed by atoms with Crippen LogP contribution in [0.2, 0.25) is 0 Å². The third kappa shape index (κ3) is 5.36. The SMILES string of the molecule is CSc1ccc(C(=O)Nc2ccc(S(=O)(=O)NC3=NCCCCC3)cc2)cc1. The second-order valence-corrected chi connectivity index (χ2v) is 9.01. The van der Waals surface area contributed by atoms with Gasteiger partial charge < -0.3 is 5.32 Å². The number of rotatable bonds is 5. The summed E-state index contributed by atoms with van der Waals surface area (Å²) in [6.45, 7) is 0.654. The highest BCUT2D eigenvalue weighted by Gasteiger charge is 2.17. The van der Waals surface area contributed by atoms with Crippen molar-refractivity contribution in [3.63, 3.8) is 0 Å². The quantitative estimate of drug-likeness (QED) is 0.722. The van der Waals surface area contributed by atoms with Gasteiger partial charge in [-0.2, -0.15) is 0 Å². The summed E-state index contributed by atoms with van der Waals surface area (Å²) in [6.07, 6.45) is 5.59. The molecule has 0 atom stereocenters. The van der Waals surface area contributed by atoms with Crippen LogP contribution in [0.1, 0.15) is 36.0 Å². The van der Waals surface area contributed by atoms with Crippen LogP contribution in [-0.4, -0.2) is 33.0 Å². The molecule has 1 aliphatic rings. The minimum atomic E-state index is -3.68. The zero-order chi connectivity index (χ0) is 20.0. The molecule has 0 fully saturated rings. The topological polar surface area (TPSA) is 87.6 Å². The Balaban J connectivity index is 1.66. The Labute approximate surface area is 169 Å². The average Bonchev–Trinajstić information content (AvgIpc) is 2.96. The number of nitrogens with zero attached hydrogens (tertiary/aromatic N) is 1. The van der Waals surface area contributed by atoms with Crippen LogP contribution >= 0.6 is 11.8 Å². The number of anilines is 1. The third-order valence-corrected chi connectivity index (χ3v) is 6.54. The summed E-state index contributed by atoms with van der Waals surface area (Å²) in [6, 6.07) is 13.4. The van der Waals surface area contributed by atoms with E-state index in [9.17, 15) is 13.2 Å². The van der Waals surface area contributed by atoms with E-state index >= 15 is 0 Å². The maximum atomic E-state index is 12.5. The standard InChI is InChI=1S/C20H23N3O3S2/c1-27-17-10-6-15(7-11-17)20(24)22-16-8-12-18(13-9-16)28(25,26)23-19-5-3-2-4-14-21-19/h6-13H,2-5,14H2,1H3,(H,21,23)(H,22,24). The summed E-state index contributed by atoms with van der Waals surface area (Å²) >= 11 is 1.61. The monoisotopic (exact) mass is 417 g/mol. The molecule has 0 aromatic heterocycles. The number of hydrogen-bond donors (Lipinski definition) is 2. The van der Waals surface area contributed by atoms with E-state index in [1.54, 1.807) is 36.0 Å². The molecule has 2 N–H and O–H groups in total. The Bertz CT molecular complexity index is 953. The number of aliphatic imine (C=N–C) groups is 1. The highest BCUT2D eigenvalue weighted by atomic mass is 32.2. The number of hydrogen-bond acceptors (Lipinski definition) is 5. The average molecular weight is 418 g/mol. The van der Waals surface area contributed by atoms with Crippen LogP contribution in [0.4, 0.5) is 5.69 Å². The highest BCUT2D eigenvalue weighted by molar-refractivity contribution is 7.98. The zero-order valence-corrected chi connectivity index (χ0v) is 17.3. The lowest BCUT2D eigenvalue weighted by atomic mass is 10.2. The molecule has 1 heterocycles. The van der Waals surface area contributed by atoms with Crippen LogP contribution < -0.4 is 10.0 Å². The van der Waals surface area contributed by atoms with E-state index in [0.717, 1.165) is 24.2 Å². The fourth-order valence-corrected chi connectivity index (χ4v) is 4.33. The van der Waals surface area contributed by atoms with Crippen LogP contribution in [0.5, 0.6) is 0 Å². The molecular formula is C20H23N3O3S2. The predicted molar refractivity (Wildman–Crippen MR) is 114 cm³/mol. The lowest BCUT2D eigenvalue weighted by Crippen LogP contribution is -2.30. The van der Waals surface area contributed by atoms with Crippen molar-refractivity contribution in [1.29, 1.82) is 0 Å². The minimum Gasteiger partial charge on any atom is -0.322 e. The number of amides is 1. The van der Waals surface area contributed by atoms with Gasteiger partial charge in [0.2, 0.25) is 0 Å². The van der Waals surface area contributed by atoms with Crippen LogP contribution in [0.25, 0.3) is 0 Å². The molecular weight excluding hydrogens is 394 g/mol. The first-order chi connectivity index (χ1) is 13.5. The molecule has 28 heavy (non-hydrogen) atoms. The van der Waals surface area contributed by atoms with Gasteiger partial charge in [0.05, 0.1) is 4.90 Å². The largest absolute Gasteiger partial charge is 0.322 e. The molecule has 0 spiro atoms. The number of nitrogens with one attached hydrogen (secondary N) is 2. The predicted octanol–water partition coefficient (Wildman–Crippen LogP) is 3.91. The second-order valence-electron chi connectivity index (χ2n) is 6.45. The minimum absolute atomic E-state index is 0.141. The van der Waals surface area contributed by atoms with Gasteiger partial charge in [-0.05, 0) is 67.6 Å². The maximum Gasteiger partial charge on any atom is 0.262 e. The number of benzene rings is 2. The third-order valence-electron chi connectivity index (χ3n) is 4.40. The Morgan fingerprint density at radius 2 is 1.71 bits per heavy atom. The Hall–Kier alpha value is -2.32. The van der Waals surface area contributed by atoms with Crippen LogP contribution in [0.15, 0.2) is 63.3 Å². The van der Waals surface area contributed by atoms with Gasteiger partial charge in [0.1, 0.15) is 5.84 Å². The van der Waals surface area contributed by atoms with Gasteiger partial charge in [-0.15, -0.1) is 11.8 Å². The maximum absolute atomic E-state index is 12.5. The van der Waals surface area contributed by atoms with Crippen molar-refractivity contribution in [1.82, 2.24) is 4.72 Å². The van der Waals surface area contributed by atoms with Crippen molar-refractivity contribution in [2.45, 2.75) is 35.5 Å². The molecule has 2 aromatic carbocycles. The fraction of sp³-hybridized carbons (Fsp3) is 0.300. The molecule has 8 heteroatoms. The van der Waals surface area contributed by atoms with E-state index in [1.165, 1.54) is 12.1 Å². The molecule has 0 radical (unpaired) electrons. The summed E-state index contributed by atoms with van der Waals surface area (Å²) in [5.41, 5.74) is 1.08. The normalized spacial score (nSPS) is 14.7. The lowest BCUT2D eigenvalue weighted by molar-refractivity contribution is 0.102. The lowest BCUT2D eigenvalue weighted by Gasteiger charge is -2.11. The van der Waals surface area contributed by atoms with E-state index in [2.05, 4.69) is 15.0 Å². The van der Waals surface area contributed by atoms with Crippen LogP contribution in [0, 0.1) is 0 Å². The van der Waals surface area contributed by atoms with E-state index in [-0.39, 0.29) is 10.8 Å². The number of carbonyl (C=O) groups is 1. The number of sulfonamides is 1. The Kier molecular flexibility index (Phi) is 6.74. The van der Waals surface area contributed by atoms with Gasteiger partial charge in [-0.1, -0.05) is 6.42 Å². The van der Waals surface area contributed by atoms with Crippen molar-refractivity contribution in [2.24, 2.45) is 4.99 Å². The van der Waals surface area contributed by atoms with Crippen molar-refractivity contribution in [3.8, 4) is 0 Å². The van der Waals surface area contributed by atoms with Gasteiger partial charge in [-0.3, -0.25) is 14.5 Å². The number of carbonyl (C=O) groups excluding carboxylic acids is 1. The van der Waals surface area contributed by atoms with E-state index < -0.39 is 10.0 Å². The molecule has 1 aliphatic heterocycles. The van der Waals surface area contributed by atoms with Gasteiger partial charge in [0.25, 0.3) is 15.9 Å². The molecule has 0 saturated heterocycles. The number of thioether (sulfide) groups is 1. The molecule has 0 unspecified atom stereocenters. The fourth-order valence-electron chi connectivity index (χ4n) is 2.83. The molecule has 6 nitrogen and oxygen atoms in total. The molecule has 1 amide bonds. The smallest absolute Gasteiger partial charge is 0.262 e. The van der Waals surface area contributed by atoms with Crippen LogP contribution in [-0.2, 0) is 10.0 Å². The molecule has 0 bridgehead atoms. The van der Waals surface area contributed by atoms with Gasteiger partial charge in [-0.25, -0.2) is 8.42 Å². The molecule has 0 aliphatic carbocycles. The van der Waals surface area contributed by atoms with Crippen molar-refractivity contribution in [3.05, 3.63) is 54.1 Å². The van der Waals surface area contributed by atoms with E-state index in [4.69, 9.17) is 0 Å². The molecule has 148 valence electrons. The second kappa shape index (κ2) is 9.25. The van der Waals surface area contributed by atoms with Crippen molar-refractivity contribution in [2.75, 3.05) is 18.1 Å². The summed E-state index contributed by atoms with van der Waals surface area (Å²) in [5, 5.41) is 2.78. The Morgan fingerprint density at radius 3 is 2.39 bits per heavy atom. The molecule has 2 aromatic rings. The first-order valence-electron chi connectivity index (χ1n) is 9.09. The van der Waals surface area contributed by atoms with Crippen molar-refractivity contribution < 1.29 is 13.2 Å². The van der Waals surface area contributed by atoms with E-state index in [0.29, 0.717) is 30.1 Å². The molecule has 0 saturated carbocycles. The van der Waals surface area contributed by atoms with Gasteiger partial charge >= 0.3 is 0 Å². The van der Waals surface area contributed by atoms with Gasteiger partial charge in [0, 0.05) is 29.1 Å². The summed E-state index contributed by atoms with van der Waals surface area (Å²) in [5.74, 6) is 0.276. The summed E-state index contributed by atoms with van der Waals surface area (Å²) in [7, 11) is -3.68. The first kappa shape index (κ1) is 20.4. The summed E-state index contributed by atoms with van der Waals surface area (Å²) in [4.78, 5) is 17.9. The first-order valence-corrected chi connectivity index (χ1v) is 11.8.